The molecule has 0 amide bonds. The van der Waals surface area contributed by atoms with E-state index in [9.17, 15) is 0 Å². The van der Waals surface area contributed by atoms with Crippen LogP contribution in [0.4, 0.5) is 0 Å². The van der Waals surface area contributed by atoms with Crippen LogP contribution in [0.1, 0.15) is 180 Å². The number of ether oxygens (including phenoxy) is 1. The first-order chi connectivity index (χ1) is 31.1. The molecule has 5 aromatic carbocycles. The lowest BCUT2D eigenvalue weighted by Gasteiger charge is -2.28. The highest BCUT2D eigenvalue weighted by Crippen LogP contribution is 2.57. The Morgan fingerprint density at radius 3 is 1.28 bits per heavy atom. The zero-order valence-electron chi connectivity index (χ0n) is 45.5. The molecule has 0 radical (unpaired) electrons. The van der Waals surface area contributed by atoms with Gasteiger partial charge in [-0.3, -0.25) is 0 Å². The second kappa shape index (κ2) is 17.8. The molecule has 68 heavy (non-hydrogen) atoms. The average Bonchev–Trinajstić information content (AvgIpc) is 3.53. The fraction of sp³-hybridized carbons (Fsp3) is 0.500. The standard InChI is InChI=1S/C60H80O6P2/c1-35-25-40(50(44(29-35)56(8,9)10)61-23-24-67-62-49-34-39(55(5,6)7)33-48(54(49)63-67)60(20,21)22)41-26-36(2)30-45(57(11,12)13)51(41)64-68-65-52-42(27-37(3)31-46(52)58(14,15)16)43-28-38(4)32-47(53(43)66-68)59(17,18)19/h25-34H,23-24H2,1-22H3. The van der Waals surface area contributed by atoms with Crippen LogP contribution in [-0.4, -0.2) is 12.8 Å². The molecule has 0 fully saturated rings. The zero-order valence-corrected chi connectivity index (χ0v) is 47.3. The SMILES string of the molecule is Cc1cc(-c2cc(C)cc(C(C)(C)C)c2Op2oc3c(C(C)(C)C)cc(C)cc3c3cc(C)cc(C(C)(C)C)c3o2)c(OCCP2Oc3cc(C(C)(C)C)cc(C(C)(C)C)c3O2)c(C(C)(C)C)c1. The molecule has 1 atom stereocenters. The Hall–Kier alpha value is -4.37. The molecule has 366 valence electrons. The Balaban J connectivity index is 1.42. The summed E-state index contributed by atoms with van der Waals surface area (Å²) < 4.78 is 42.5. The number of fused-ring (bicyclic) bond motifs is 4. The normalized spacial score (nSPS) is 14.8. The van der Waals surface area contributed by atoms with Crippen LogP contribution in [0.15, 0.2) is 69.1 Å². The van der Waals surface area contributed by atoms with E-state index in [0.29, 0.717) is 12.8 Å². The van der Waals surface area contributed by atoms with Gasteiger partial charge in [0.05, 0.1) is 12.8 Å². The minimum absolute atomic E-state index is 0.0309. The lowest BCUT2D eigenvalue weighted by atomic mass is 9.80. The maximum Gasteiger partial charge on any atom is 0.453 e. The van der Waals surface area contributed by atoms with E-state index in [-0.39, 0.29) is 32.5 Å². The first-order valence-electron chi connectivity index (χ1n) is 24.5. The van der Waals surface area contributed by atoms with Gasteiger partial charge in [-0.1, -0.05) is 155 Å². The molecule has 1 aliphatic heterocycles. The molecule has 0 saturated carbocycles. The van der Waals surface area contributed by atoms with Crippen LogP contribution in [0.25, 0.3) is 33.1 Å². The van der Waals surface area contributed by atoms with Crippen molar-refractivity contribution in [2.45, 2.75) is 185 Å². The third kappa shape index (κ3) is 10.7. The van der Waals surface area contributed by atoms with E-state index in [2.05, 4.69) is 213 Å². The Morgan fingerprint density at radius 2 is 0.838 bits per heavy atom. The quantitative estimate of drug-likeness (QED) is 0.149. The van der Waals surface area contributed by atoms with Crippen LogP contribution in [0, 0.1) is 27.7 Å². The molecule has 6 aromatic rings. The molecule has 6 nitrogen and oxygen atoms in total. The lowest BCUT2D eigenvalue weighted by molar-refractivity contribution is 0.329. The van der Waals surface area contributed by atoms with E-state index >= 15 is 0 Å². The van der Waals surface area contributed by atoms with E-state index in [4.69, 9.17) is 26.7 Å². The summed E-state index contributed by atoms with van der Waals surface area (Å²) in [6.45, 7) is 49.5. The second-order valence-electron chi connectivity index (χ2n) is 25.7. The van der Waals surface area contributed by atoms with Crippen molar-refractivity contribution in [1.82, 2.24) is 0 Å². The third-order valence-electron chi connectivity index (χ3n) is 12.9. The molecular weight excluding hydrogens is 879 g/mol. The summed E-state index contributed by atoms with van der Waals surface area (Å²) in [5.74, 6) is 3.26. The fourth-order valence-corrected chi connectivity index (χ4v) is 11.5. The van der Waals surface area contributed by atoms with Gasteiger partial charge in [-0.15, -0.1) is 0 Å². The first kappa shape index (κ1) is 51.5. The molecular formula is C60H80O6P2. The summed E-state index contributed by atoms with van der Waals surface area (Å²) in [5, 5.41) is 2.06. The van der Waals surface area contributed by atoms with E-state index < -0.39 is 16.6 Å². The summed E-state index contributed by atoms with van der Waals surface area (Å²) >= 11 is 0. The fourth-order valence-electron chi connectivity index (χ4n) is 9.15. The van der Waals surface area contributed by atoms with E-state index in [1.54, 1.807) is 0 Å². The van der Waals surface area contributed by atoms with Gasteiger partial charge in [0.1, 0.15) is 22.7 Å². The predicted octanol–water partition coefficient (Wildman–Crippen LogP) is 19.0. The molecule has 0 bridgehead atoms. The Bertz CT molecular complexity index is 2870. The van der Waals surface area contributed by atoms with Gasteiger partial charge in [0.2, 0.25) is 0 Å². The maximum absolute atomic E-state index is 7.49. The molecule has 1 aromatic heterocycles. The Labute approximate surface area is 411 Å². The van der Waals surface area contributed by atoms with Gasteiger partial charge in [0, 0.05) is 49.7 Å². The summed E-state index contributed by atoms with van der Waals surface area (Å²) in [7, 11) is -3.34. The number of benzene rings is 5. The van der Waals surface area contributed by atoms with Crippen molar-refractivity contribution >= 4 is 38.6 Å². The first-order valence-corrected chi connectivity index (χ1v) is 27.0. The Morgan fingerprint density at radius 1 is 0.426 bits per heavy atom. The second-order valence-corrected chi connectivity index (χ2v) is 28.2. The van der Waals surface area contributed by atoms with Crippen molar-refractivity contribution in [1.29, 1.82) is 0 Å². The molecule has 1 unspecified atom stereocenters. The van der Waals surface area contributed by atoms with Crippen LogP contribution in [0.3, 0.4) is 0 Å². The van der Waals surface area contributed by atoms with Crippen LogP contribution in [0.5, 0.6) is 23.0 Å². The van der Waals surface area contributed by atoms with Gasteiger partial charge in [-0.05, 0) is 118 Å². The molecule has 0 saturated heterocycles. The minimum atomic E-state index is -2.05. The highest BCUT2D eigenvalue weighted by atomic mass is 31.2. The number of hydrogen-bond donors (Lipinski definition) is 0. The smallest absolute Gasteiger partial charge is 0.453 e. The number of rotatable bonds is 7. The highest BCUT2D eigenvalue weighted by Gasteiger charge is 2.36. The van der Waals surface area contributed by atoms with Crippen molar-refractivity contribution < 1.29 is 26.7 Å². The molecule has 0 N–H and O–H groups in total. The van der Waals surface area contributed by atoms with Crippen LogP contribution in [-0.2, 0) is 32.5 Å². The predicted molar refractivity (Wildman–Crippen MR) is 290 cm³/mol. The highest BCUT2D eigenvalue weighted by molar-refractivity contribution is 7.48. The van der Waals surface area contributed by atoms with Gasteiger partial charge in [0.25, 0.3) is 8.38 Å². The maximum atomic E-state index is 7.49. The van der Waals surface area contributed by atoms with E-state index in [1.165, 1.54) is 22.3 Å². The molecule has 8 heteroatoms. The van der Waals surface area contributed by atoms with Gasteiger partial charge in [-0.25, -0.2) is 0 Å². The molecule has 0 aliphatic carbocycles. The minimum Gasteiger partial charge on any atom is -0.492 e. The topological polar surface area (TPSA) is 63.2 Å². The lowest BCUT2D eigenvalue weighted by Crippen LogP contribution is -2.17. The number of aryl methyl sites for hydroxylation is 4. The van der Waals surface area contributed by atoms with Gasteiger partial charge < -0.3 is 26.7 Å². The van der Waals surface area contributed by atoms with Crippen LogP contribution >= 0.6 is 16.6 Å². The summed E-state index contributed by atoms with van der Waals surface area (Å²) in [6.07, 6.45) is 0.594. The van der Waals surface area contributed by atoms with Crippen molar-refractivity contribution in [3.63, 3.8) is 0 Å². The molecule has 2 heterocycles. The van der Waals surface area contributed by atoms with Crippen LogP contribution in [0.2, 0.25) is 0 Å². The van der Waals surface area contributed by atoms with Gasteiger partial charge in [-0.2, -0.15) is 0 Å². The van der Waals surface area contributed by atoms with Crippen molar-refractivity contribution in [3.05, 3.63) is 116 Å². The van der Waals surface area contributed by atoms with E-state index in [1.807, 2.05) is 0 Å². The monoisotopic (exact) mass is 959 g/mol. The summed E-state index contributed by atoms with van der Waals surface area (Å²) in [5.41, 5.74) is 13.9. The summed E-state index contributed by atoms with van der Waals surface area (Å²) in [4.78, 5) is 0. The number of hydrogen-bond acceptors (Lipinski definition) is 6. The molecule has 0 spiro atoms. The third-order valence-corrected chi connectivity index (χ3v) is 15.2. The van der Waals surface area contributed by atoms with E-state index in [0.717, 1.165) is 89.4 Å². The Kier molecular flexibility index (Phi) is 13.5. The molecule has 1 aliphatic rings. The van der Waals surface area contributed by atoms with Crippen molar-refractivity contribution in [2.24, 2.45) is 0 Å². The average molecular weight is 959 g/mol. The van der Waals surface area contributed by atoms with Crippen molar-refractivity contribution in [2.75, 3.05) is 12.8 Å². The summed E-state index contributed by atoms with van der Waals surface area (Å²) in [6, 6.07) is 22.5. The van der Waals surface area contributed by atoms with Crippen molar-refractivity contribution in [3.8, 4) is 34.1 Å². The largest absolute Gasteiger partial charge is 0.492 e. The van der Waals surface area contributed by atoms with Gasteiger partial charge in [0.15, 0.2) is 11.5 Å². The zero-order chi connectivity index (χ0) is 50.4. The van der Waals surface area contributed by atoms with Gasteiger partial charge >= 0.3 is 8.24 Å². The van der Waals surface area contributed by atoms with Crippen LogP contribution < -0.4 is 18.3 Å². The molecule has 7 rings (SSSR count).